The quantitative estimate of drug-likeness (QED) is 0.554. The number of rotatable bonds is 8. The Hall–Kier alpha value is -2.42. The first-order chi connectivity index (χ1) is 12.4. The molecular weight excluding hydrogens is 354 g/mol. The van der Waals surface area contributed by atoms with Crippen molar-refractivity contribution in [3.63, 3.8) is 0 Å². The number of hydrogen-bond acceptors (Lipinski definition) is 7. The van der Waals surface area contributed by atoms with Gasteiger partial charge in [-0.25, -0.2) is 9.48 Å². The SMILES string of the molecule is COC(=O)c1ccc(CNC(=O)[C@@H](C)Sc2nnnn2CC(C)C)cc1. The number of nitrogens with zero attached hydrogens (tertiary/aromatic N) is 4. The molecule has 1 N–H and O–H groups in total. The molecule has 0 unspecified atom stereocenters. The van der Waals surface area contributed by atoms with Gasteiger partial charge in [-0.15, -0.1) is 5.10 Å². The van der Waals surface area contributed by atoms with Crippen LogP contribution in [0.25, 0.3) is 0 Å². The van der Waals surface area contributed by atoms with Gasteiger partial charge in [-0.1, -0.05) is 37.7 Å². The molecule has 1 aromatic carbocycles. The van der Waals surface area contributed by atoms with Gasteiger partial charge in [0.2, 0.25) is 11.1 Å². The Labute approximate surface area is 156 Å². The fourth-order valence-electron chi connectivity index (χ4n) is 2.16. The first-order valence-electron chi connectivity index (χ1n) is 8.28. The summed E-state index contributed by atoms with van der Waals surface area (Å²) in [4.78, 5) is 23.7. The molecule has 0 aliphatic carbocycles. The molecule has 0 saturated carbocycles. The van der Waals surface area contributed by atoms with Gasteiger partial charge < -0.3 is 10.1 Å². The van der Waals surface area contributed by atoms with E-state index in [2.05, 4.69) is 39.4 Å². The first kappa shape index (κ1) is 19.9. The van der Waals surface area contributed by atoms with Crippen LogP contribution in [0.3, 0.4) is 0 Å². The maximum Gasteiger partial charge on any atom is 0.337 e. The number of nitrogens with one attached hydrogen (secondary N) is 1. The van der Waals surface area contributed by atoms with Crippen LogP contribution in [-0.4, -0.2) is 44.4 Å². The van der Waals surface area contributed by atoms with Crippen LogP contribution >= 0.6 is 11.8 Å². The molecule has 2 aromatic rings. The Balaban J connectivity index is 1.87. The highest BCUT2D eigenvalue weighted by Crippen LogP contribution is 2.21. The summed E-state index contributed by atoms with van der Waals surface area (Å²) < 4.78 is 6.37. The van der Waals surface area contributed by atoms with Gasteiger partial charge in [0.1, 0.15) is 0 Å². The van der Waals surface area contributed by atoms with Crippen molar-refractivity contribution in [3.8, 4) is 0 Å². The molecule has 8 nitrogen and oxygen atoms in total. The van der Waals surface area contributed by atoms with Crippen LogP contribution in [0.1, 0.15) is 36.7 Å². The predicted molar refractivity (Wildman–Crippen MR) is 97.6 cm³/mol. The molecule has 0 fully saturated rings. The number of tetrazole rings is 1. The Bertz CT molecular complexity index is 745. The Morgan fingerprint density at radius 2 is 1.92 bits per heavy atom. The molecule has 0 spiro atoms. The molecule has 1 amide bonds. The fourth-order valence-corrected chi connectivity index (χ4v) is 2.99. The van der Waals surface area contributed by atoms with Gasteiger partial charge in [-0.05, 0) is 41.0 Å². The minimum Gasteiger partial charge on any atom is -0.465 e. The van der Waals surface area contributed by atoms with E-state index in [-0.39, 0.29) is 17.1 Å². The fraction of sp³-hybridized carbons (Fsp3) is 0.471. The monoisotopic (exact) mass is 377 g/mol. The third-order valence-electron chi connectivity index (χ3n) is 3.53. The summed E-state index contributed by atoms with van der Waals surface area (Å²) in [6.45, 7) is 7.06. The lowest BCUT2D eigenvalue weighted by Gasteiger charge is -2.12. The molecule has 1 atom stereocenters. The Morgan fingerprint density at radius 1 is 1.23 bits per heavy atom. The van der Waals surface area contributed by atoms with Crippen LogP contribution in [0.5, 0.6) is 0 Å². The number of ether oxygens (including phenoxy) is 1. The molecule has 26 heavy (non-hydrogen) atoms. The van der Waals surface area contributed by atoms with Crippen molar-refractivity contribution in [1.29, 1.82) is 0 Å². The molecule has 1 heterocycles. The van der Waals surface area contributed by atoms with E-state index in [0.717, 1.165) is 5.56 Å². The smallest absolute Gasteiger partial charge is 0.337 e. The summed E-state index contributed by atoms with van der Waals surface area (Å²) in [5, 5.41) is 14.8. The van der Waals surface area contributed by atoms with E-state index < -0.39 is 0 Å². The molecule has 1 aromatic heterocycles. The number of hydrogen-bond donors (Lipinski definition) is 1. The topological polar surface area (TPSA) is 99.0 Å². The largest absolute Gasteiger partial charge is 0.465 e. The molecule has 0 saturated heterocycles. The third-order valence-corrected chi connectivity index (χ3v) is 4.60. The summed E-state index contributed by atoms with van der Waals surface area (Å²) in [6, 6.07) is 6.91. The first-order valence-corrected chi connectivity index (χ1v) is 9.16. The van der Waals surface area contributed by atoms with Crippen molar-refractivity contribution in [2.24, 2.45) is 5.92 Å². The third kappa shape index (κ3) is 5.55. The average molecular weight is 377 g/mol. The van der Waals surface area contributed by atoms with Gasteiger partial charge in [0.25, 0.3) is 0 Å². The van der Waals surface area contributed by atoms with E-state index in [4.69, 9.17) is 0 Å². The van der Waals surface area contributed by atoms with E-state index in [1.807, 2.05) is 6.92 Å². The lowest BCUT2D eigenvalue weighted by molar-refractivity contribution is -0.120. The number of carbonyl (C=O) groups is 2. The summed E-state index contributed by atoms with van der Waals surface area (Å²) in [7, 11) is 1.34. The zero-order valence-electron chi connectivity index (χ0n) is 15.3. The molecular formula is C17H23N5O3S. The molecule has 140 valence electrons. The molecule has 0 aliphatic rings. The lowest BCUT2D eigenvalue weighted by Crippen LogP contribution is -2.30. The van der Waals surface area contributed by atoms with Gasteiger partial charge >= 0.3 is 5.97 Å². The van der Waals surface area contributed by atoms with Crippen molar-refractivity contribution in [2.75, 3.05) is 7.11 Å². The van der Waals surface area contributed by atoms with E-state index >= 15 is 0 Å². The van der Waals surface area contributed by atoms with Crippen LogP contribution in [0, 0.1) is 5.92 Å². The molecule has 0 aliphatic heterocycles. The van der Waals surface area contributed by atoms with Crippen LogP contribution < -0.4 is 5.32 Å². The predicted octanol–water partition coefficient (Wildman–Crippen LogP) is 1.91. The minimum atomic E-state index is -0.385. The summed E-state index contributed by atoms with van der Waals surface area (Å²) >= 11 is 1.33. The summed E-state index contributed by atoms with van der Waals surface area (Å²) in [6.07, 6.45) is 0. The number of amides is 1. The van der Waals surface area contributed by atoms with Gasteiger partial charge in [-0.2, -0.15) is 0 Å². The highest BCUT2D eigenvalue weighted by Gasteiger charge is 2.18. The van der Waals surface area contributed by atoms with E-state index in [1.165, 1.54) is 18.9 Å². The van der Waals surface area contributed by atoms with Crippen LogP contribution in [0.15, 0.2) is 29.4 Å². The molecule has 2 rings (SSSR count). The number of esters is 1. The zero-order valence-corrected chi connectivity index (χ0v) is 16.1. The van der Waals surface area contributed by atoms with Gasteiger partial charge in [0.05, 0.1) is 17.9 Å². The maximum atomic E-state index is 12.3. The van der Waals surface area contributed by atoms with Gasteiger partial charge in [0, 0.05) is 13.1 Å². The average Bonchev–Trinajstić information content (AvgIpc) is 3.05. The standard InChI is InChI=1S/C17H23N5O3S/c1-11(2)10-22-17(19-20-21-22)26-12(3)15(23)18-9-13-5-7-14(8-6-13)16(24)25-4/h5-8,11-12H,9-10H2,1-4H3,(H,18,23)/t12-/m1/s1. The van der Waals surface area contributed by atoms with Crippen molar-refractivity contribution in [2.45, 2.75) is 44.3 Å². The Kier molecular flexibility index (Phi) is 7.14. The van der Waals surface area contributed by atoms with Crippen molar-refractivity contribution in [1.82, 2.24) is 25.5 Å². The number of benzene rings is 1. The van der Waals surface area contributed by atoms with Crippen molar-refractivity contribution in [3.05, 3.63) is 35.4 Å². The molecule has 9 heteroatoms. The number of aromatic nitrogens is 4. The van der Waals surface area contributed by atoms with Crippen LogP contribution in [0.4, 0.5) is 0 Å². The van der Waals surface area contributed by atoms with Crippen LogP contribution in [-0.2, 0) is 22.6 Å². The van der Waals surface area contributed by atoms with Gasteiger partial charge in [-0.3, -0.25) is 4.79 Å². The second kappa shape index (κ2) is 9.33. The van der Waals surface area contributed by atoms with Gasteiger partial charge in [0.15, 0.2) is 0 Å². The van der Waals surface area contributed by atoms with E-state index in [1.54, 1.807) is 28.9 Å². The van der Waals surface area contributed by atoms with Crippen molar-refractivity contribution < 1.29 is 14.3 Å². The number of carbonyl (C=O) groups excluding carboxylic acids is 2. The molecule has 0 radical (unpaired) electrons. The zero-order chi connectivity index (χ0) is 19.1. The second-order valence-corrected chi connectivity index (χ2v) is 7.51. The van der Waals surface area contributed by atoms with Crippen LogP contribution in [0.2, 0.25) is 0 Å². The highest BCUT2D eigenvalue weighted by molar-refractivity contribution is 8.00. The maximum absolute atomic E-state index is 12.3. The minimum absolute atomic E-state index is 0.105. The number of thioether (sulfide) groups is 1. The molecule has 0 bridgehead atoms. The van der Waals surface area contributed by atoms with Crippen molar-refractivity contribution >= 4 is 23.6 Å². The normalized spacial score (nSPS) is 12.0. The lowest BCUT2D eigenvalue weighted by atomic mass is 10.1. The highest BCUT2D eigenvalue weighted by atomic mass is 32.2. The summed E-state index contributed by atoms with van der Waals surface area (Å²) in [5.41, 5.74) is 1.37. The summed E-state index contributed by atoms with van der Waals surface area (Å²) in [5.74, 6) is -0.0780. The number of methoxy groups -OCH3 is 1. The van der Waals surface area contributed by atoms with E-state index in [9.17, 15) is 9.59 Å². The Morgan fingerprint density at radius 3 is 2.54 bits per heavy atom. The van der Waals surface area contributed by atoms with E-state index in [0.29, 0.717) is 29.7 Å². The second-order valence-electron chi connectivity index (χ2n) is 6.20.